The van der Waals surface area contributed by atoms with E-state index in [0.29, 0.717) is 12.6 Å². The van der Waals surface area contributed by atoms with Gasteiger partial charge in [-0.15, -0.1) is 0 Å². The normalized spacial score (nSPS) is 17.6. The molecule has 1 heterocycles. The smallest absolute Gasteiger partial charge is 0.134 e. The Balaban J connectivity index is 1.48. The highest BCUT2D eigenvalue weighted by Crippen LogP contribution is 2.27. The largest absolute Gasteiger partial charge is 0.488 e. The predicted molar refractivity (Wildman–Crippen MR) is 112 cm³/mol. The quantitative estimate of drug-likeness (QED) is 0.610. The molecule has 26 heavy (non-hydrogen) atoms. The van der Waals surface area contributed by atoms with E-state index in [0.717, 1.165) is 40.4 Å². The fourth-order valence-electron chi connectivity index (χ4n) is 3.44. The molecule has 0 unspecified atom stereocenters. The van der Waals surface area contributed by atoms with E-state index in [-0.39, 0.29) is 0 Å². The Hall–Kier alpha value is -1.07. The minimum absolute atomic E-state index is 0.530. The van der Waals surface area contributed by atoms with Gasteiger partial charge in [0.05, 0.1) is 4.47 Å². The average molecular weight is 438 g/mol. The van der Waals surface area contributed by atoms with Gasteiger partial charge in [0.1, 0.15) is 12.4 Å². The lowest BCUT2D eigenvalue weighted by molar-refractivity contribution is 0.260. The van der Waals surface area contributed by atoms with Crippen LogP contribution in [-0.2, 0) is 13.2 Å². The molecular formula is C21H26BrClN2O. The highest BCUT2D eigenvalue weighted by atomic mass is 79.9. The first-order chi connectivity index (χ1) is 12.7. The van der Waals surface area contributed by atoms with E-state index in [1.54, 1.807) is 0 Å². The van der Waals surface area contributed by atoms with Crippen molar-refractivity contribution in [1.82, 2.24) is 10.2 Å². The zero-order valence-corrected chi connectivity index (χ0v) is 17.5. The van der Waals surface area contributed by atoms with Gasteiger partial charge in [0, 0.05) is 24.2 Å². The number of ether oxygens (including phenoxy) is 1. The van der Waals surface area contributed by atoms with Gasteiger partial charge < -0.3 is 10.1 Å². The average Bonchev–Trinajstić information content (AvgIpc) is 3.10. The van der Waals surface area contributed by atoms with Crippen LogP contribution in [0.5, 0.6) is 5.75 Å². The molecule has 3 rings (SSSR count). The van der Waals surface area contributed by atoms with Gasteiger partial charge >= 0.3 is 0 Å². The lowest BCUT2D eigenvalue weighted by atomic mass is 10.2. The van der Waals surface area contributed by atoms with Gasteiger partial charge in [-0.05, 0) is 77.3 Å². The Labute approximate surface area is 169 Å². The topological polar surface area (TPSA) is 24.5 Å². The Kier molecular flexibility index (Phi) is 7.38. The molecule has 3 nitrogen and oxygen atoms in total. The van der Waals surface area contributed by atoms with Gasteiger partial charge in [-0.25, -0.2) is 0 Å². The second-order valence-corrected chi connectivity index (χ2v) is 8.03. The fourth-order valence-corrected chi connectivity index (χ4v) is 4.11. The number of likely N-dealkylation sites (N-methyl/N-ethyl adjacent to an activating group) is 1. The summed E-state index contributed by atoms with van der Waals surface area (Å²) in [5.41, 5.74) is 2.36. The first-order valence-corrected chi connectivity index (χ1v) is 10.4. The van der Waals surface area contributed by atoms with E-state index in [4.69, 9.17) is 16.3 Å². The van der Waals surface area contributed by atoms with Crippen LogP contribution in [0.4, 0.5) is 0 Å². The van der Waals surface area contributed by atoms with Gasteiger partial charge in [-0.1, -0.05) is 36.7 Å². The molecule has 140 valence electrons. The summed E-state index contributed by atoms with van der Waals surface area (Å²) in [5.74, 6) is 0.858. The number of nitrogens with zero attached hydrogens (tertiary/aromatic N) is 1. The molecule has 0 radical (unpaired) electrons. The number of nitrogens with one attached hydrogen (secondary N) is 1. The maximum atomic E-state index is 5.92. The molecule has 1 N–H and O–H groups in total. The molecular weight excluding hydrogens is 412 g/mol. The summed E-state index contributed by atoms with van der Waals surface area (Å²) in [5, 5.41) is 4.34. The first kappa shape index (κ1) is 19.7. The van der Waals surface area contributed by atoms with Crippen LogP contribution >= 0.6 is 27.5 Å². The van der Waals surface area contributed by atoms with Gasteiger partial charge in [0.15, 0.2) is 0 Å². The summed E-state index contributed by atoms with van der Waals surface area (Å²) >= 11 is 9.54. The van der Waals surface area contributed by atoms with Crippen molar-refractivity contribution in [3.8, 4) is 5.75 Å². The predicted octanol–water partition coefficient (Wildman–Crippen LogP) is 5.26. The molecule has 5 heteroatoms. The summed E-state index contributed by atoms with van der Waals surface area (Å²) in [4.78, 5) is 2.57. The molecule has 1 saturated heterocycles. The molecule has 2 aromatic carbocycles. The minimum atomic E-state index is 0.530. The van der Waals surface area contributed by atoms with E-state index in [1.165, 1.54) is 24.9 Å². The molecule has 0 aliphatic carbocycles. The van der Waals surface area contributed by atoms with Crippen molar-refractivity contribution < 1.29 is 4.74 Å². The van der Waals surface area contributed by atoms with E-state index >= 15 is 0 Å². The van der Waals surface area contributed by atoms with Gasteiger partial charge in [0.2, 0.25) is 0 Å². The summed E-state index contributed by atoms with van der Waals surface area (Å²) in [6, 6.07) is 14.7. The summed E-state index contributed by atoms with van der Waals surface area (Å²) in [6.45, 7) is 7.11. The molecule has 1 atom stereocenters. The van der Waals surface area contributed by atoms with E-state index < -0.39 is 0 Å². The van der Waals surface area contributed by atoms with Crippen LogP contribution in [0.2, 0.25) is 5.02 Å². The third-order valence-electron chi connectivity index (χ3n) is 4.92. The molecule has 1 fully saturated rings. The third kappa shape index (κ3) is 5.46. The highest BCUT2D eigenvalue weighted by molar-refractivity contribution is 9.10. The molecule has 0 saturated carbocycles. The van der Waals surface area contributed by atoms with Crippen LogP contribution in [0.3, 0.4) is 0 Å². The van der Waals surface area contributed by atoms with Gasteiger partial charge in [-0.2, -0.15) is 0 Å². The number of halogens is 2. The maximum Gasteiger partial charge on any atom is 0.134 e. The number of hydrogen-bond acceptors (Lipinski definition) is 3. The van der Waals surface area contributed by atoms with Crippen molar-refractivity contribution in [2.75, 3.05) is 19.6 Å². The molecule has 1 aliphatic rings. The van der Waals surface area contributed by atoms with Crippen LogP contribution in [0, 0.1) is 0 Å². The number of benzene rings is 2. The Bertz CT molecular complexity index is 708. The summed E-state index contributed by atoms with van der Waals surface area (Å²) in [6.07, 6.45) is 2.63. The number of rotatable bonds is 8. The van der Waals surface area contributed by atoms with E-state index in [9.17, 15) is 0 Å². The van der Waals surface area contributed by atoms with Crippen LogP contribution in [-0.4, -0.2) is 30.6 Å². The van der Waals surface area contributed by atoms with Crippen LogP contribution in [0.1, 0.15) is 30.9 Å². The molecule has 2 aromatic rings. The second-order valence-electron chi connectivity index (χ2n) is 6.74. The van der Waals surface area contributed by atoms with Crippen LogP contribution < -0.4 is 10.1 Å². The zero-order valence-electron chi connectivity index (χ0n) is 15.2. The Morgan fingerprint density at radius 3 is 2.69 bits per heavy atom. The highest BCUT2D eigenvalue weighted by Gasteiger charge is 2.22. The monoisotopic (exact) mass is 436 g/mol. The summed E-state index contributed by atoms with van der Waals surface area (Å²) < 4.78 is 6.90. The maximum absolute atomic E-state index is 5.92. The number of likely N-dealkylation sites (tertiary alicyclic amines) is 1. The first-order valence-electron chi connectivity index (χ1n) is 9.26. The van der Waals surface area contributed by atoms with Crippen molar-refractivity contribution in [3.63, 3.8) is 0 Å². The van der Waals surface area contributed by atoms with Crippen LogP contribution in [0.15, 0.2) is 46.9 Å². The second kappa shape index (κ2) is 9.75. The minimum Gasteiger partial charge on any atom is -0.488 e. The Morgan fingerprint density at radius 2 is 1.96 bits per heavy atom. The van der Waals surface area contributed by atoms with Crippen molar-refractivity contribution >= 4 is 27.5 Å². The zero-order chi connectivity index (χ0) is 18.4. The van der Waals surface area contributed by atoms with Gasteiger partial charge in [0.25, 0.3) is 0 Å². The summed E-state index contributed by atoms with van der Waals surface area (Å²) in [7, 11) is 0. The van der Waals surface area contributed by atoms with E-state index in [1.807, 2.05) is 30.3 Å². The molecule has 1 aliphatic heterocycles. The lowest BCUT2D eigenvalue weighted by Crippen LogP contribution is -2.37. The van der Waals surface area contributed by atoms with E-state index in [2.05, 4.69) is 45.2 Å². The standard InChI is InChI=1S/C21H26BrClN2O/c1-2-25-11-3-4-19(25)14-24-13-17-7-10-21(20(22)12-17)26-15-16-5-8-18(23)9-6-16/h5-10,12,19,24H,2-4,11,13-15H2,1H3/t19-/m0/s1. The van der Waals surface area contributed by atoms with Crippen molar-refractivity contribution in [3.05, 3.63) is 63.1 Å². The molecule has 0 spiro atoms. The molecule has 0 bridgehead atoms. The van der Waals surface area contributed by atoms with Crippen molar-refractivity contribution in [1.29, 1.82) is 0 Å². The van der Waals surface area contributed by atoms with Crippen LogP contribution in [0.25, 0.3) is 0 Å². The van der Waals surface area contributed by atoms with Gasteiger partial charge in [-0.3, -0.25) is 4.90 Å². The molecule has 0 aromatic heterocycles. The molecule has 0 amide bonds. The van der Waals surface area contributed by atoms with Crippen molar-refractivity contribution in [2.24, 2.45) is 0 Å². The third-order valence-corrected chi connectivity index (χ3v) is 5.79. The SMILES string of the molecule is CCN1CCC[C@H]1CNCc1ccc(OCc2ccc(Cl)cc2)c(Br)c1. The number of hydrogen-bond donors (Lipinski definition) is 1. The Morgan fingerprint density at radius 1 is 1.19 bits per heavy atom. The fraction of sp³-hybridized carbons (Fsp3) is 0.429. The van der Waals surface area contributed by atoms with Crippen molar-refractivity contribution in [2.45, 2.75) is 39.0 Å². The lowest BCUT2D eigenvalue weighted by Gasteiger charge is -2.23.